The predicted molar refractivity (Wildman–Crippen MR) is 98.5 cm³/mol. The highest BCUT2D eigenvalue weighted by atomic mass is 32.2. The fraction of sp³-hybridized carbons (Fsp3) is 0.400. The van der Waals surface area contributed by atoms with Crippen LogP contribution in [0.3, 0.4) is 0 Å². The molecular weight excluding hydrogens is 338 g/mol. The zero-order valence-corrected chi connectivity index (χ0v) is 14.7. The van der Waals surface area contributed by atoms with Gasteiger partial charge in [-0.15, -0.1) is 11.8 Å². The smallest absolute Gasteiger partial charge is 0.133 e. The Morgan fingerprint density at radius 1 is 1.16 bits per heavy atom. The van der Waals surface area contributed by atoms with Gasteiger partial charge in [0.15, 0.2) is 0 Å². The van der Waals surface area contributed by atoms with Gasteiger partial charge >= 0.3 is 0 Å². The van der Waals surface area contributed by atoms with Crippen molar-refractivity contribution in [2.24, 2.45) is 0 Å². The van der Waals surface area contributed by atoms with Gasteiger partial charge in [-0.25, -0.2) is 8.78 Å². The lowest BCUT2D eigenvalue weighted by Crippen LogP contribution is -2.44. The average Bonchev–Trinajstić information content (AvgIpc) is 2.77. The van der Waals surface area contributed by atoms with Crippen LogP contribution >= 0.6 is 11.8 Å². The van der Waals surface area contributed by atoms with Crippen LogP contribution in [0.15, 0.2) is 35.2 Å². The first-order chi connectivity index (χ1) is 12.2. The van der Waals surface area contributed by atoms with Crippen LogP contribution in [0.25, 0.3) is 11.1 Å². The summed E-state index contributed by atoms with van der Waals surface area (Å²) in [6, 6.07) is 8.66. The van der Waals surface area contributed by atoms with E-state index in [1.807, 2.05) is 23.9 Å². The van der Waals surface area contributed by atoms with E-state index in [9.17, 15) is 8.78 Å². The van der Waals surface area contributed by atoms with Crippen molar-refractivity contribution in [2.45, 2.75) is 29.7 Å². The van der Waals surface area contributed by atoms with E-state index >= 15 is 0 Å². The van der Waals surface area contributed by atoms with E-state index in [2.05, 4.69) is 10.2 Å². The standard InChI is InChI=1S/C20H20F2N2S/c21-15-3-1-4-16(22)19(15)12-9-13-14-11-23-6-5-17(14)24-7-2-8-25-18(10-12)20(13)24/h1,3-4,9-10,14,17,23H,2,5-8,11H2. The monoisotopic (exact) mass is 358 g/mol. The van der Waals surface area contributed by atoms with Crippen LogP contribution in [-0.2, 0) is 0 Å². The van der Waals surface area contributed by atoms with Gasteiger partial charge in [-0.3, -0.25) is 0 Å². The van der Waals surface area contributed by atoms with Crippen molar-refractivity contribution in [3.63, 3.8) is 0 Å². The summed E-state index contributed by atoms with van der Waals surface area (Å²) in [6.07, 6.45) is 2.28. The van der Waals surface area contributed by atoms with Crippen molar-refractivity contribution in [1.82, 2.24) is 5.32 Å². The zero-order valence-electron chi connectivity index (χ0n) is 13.9. The molecule has 3 aliphatic rings. The molecule has 5 heteroatoms. The number of thioether (sulfide) groups is 1. The maximum absolute atomic E-state index is 14.4. The van der Waals surface area contributed by atoms with E-state index in [1.165, 1.54) is 34.3 Å². The molecular formula is C20H20F2N2S. The molecule has 2 aromatic rings. The second kappa shape index (κ2) is 5.99. The van der Waals surface area contributed by atoms with Crippen LogP contribution in [0.2, 0.25) is 0 Å². The summed E-state index contributed by atoms with van der Waals surface area (Å²) in [4.78, 5) is 3.75. The lowest BCUT2D eigenvalue weighted by atomic mass is 9.88. The molecule has 0 aliphatic carbocycles. The summed E-state index contributed by atoms with van der Waals surface area (Å²) < 4.78 is 28.7. The summed E-state index contributed by atoms with van der Waals surface area (Å²) in [5.74, 6) is 0.496. The van der Waals surface area contributed by atoms with Crippen molar-refractivity contribution >= 4 is 17.4 Å². The third kappa shape index (κ3) is 2.40. The summed E-state index contributed by atoms with van der Waals surface area (Å²) >= 11 is 1.83. The van der Waals surface area contributed by atoms with Crippen molar-refractivity contribution < 1.29 is 8.78 Å². The van der Waals surface area contributed by atoms with Crippen molar-refractivity contribution in [3.05, 3.63) is 47.5 Å². The quantitative estimate of drug-likeness (QED) is 0.814. The molecule has 0 amide bonds. The molecule has 0 spiro atoms. The highest BCUT2D eigenvalue weighted by Crippen LogP contribution is 2.51. The molecule has 2 aromatic carbocycles. The van der Waals surface area contributed by atoms with Crippen LogP contribution < -0.4 is 10.2 Å². The van der Waals surface area contributed by atoms with Crippen molar-refractivity contribution in [2.75, 3.05) is 30.3 Å². The molecule has 130 valence electrons. The molecule has 1 N–H and O–H groups in total. The van der Waals surface area contributed by atoms with Crippen LogP contribution in [0.5, 0.6) is 0 Å². The first kappa shape index (κ1) is 15.6. The van der Waals surface area contributed by atoms with Crippen LogP contribution in [-0.4, -0.2) is 31.4 Å². The molecule has 0 radical (unpaired) electrons. The van der Waals surface area contributed by atoms with Gasteiger partial charge < -0.3 is 10.2 Å². The van der Waals surface area contributed by atoms with E-state index in [1.54, 1.807) is 0 Å². The Morgan fingerprint density at radius 3 is 2.84 bits per heavy atom. The molecule has 2 nitrogen and oxygen atoms in total. The van der Waals surface area contributed by atoms with Crippen molar-refractivity contribution in [1.29, 1.82) is 0 Å². The molecule has 0 aromatic heterocycles. The molecule has 1 fully saturated rings. The number of nitrogens with zero attached hydrogens (tertiary/aromatic N) is 1. The first-order valence-corrected chi connectivity index (χ1v) is 9.95. The number of hydrogen-bond acceptors (Lipinski definition) is 3. The number of nitrogens with one attached hydrogen (secondary N) is 1. The lowest BCUT2D eigenvalue weighted by Gasteiger charge is -2.33. The molecule has 1 saturated heterocycles. The second-order valence-electron chi connectivity index (χ2n) is 7.07. The van der Waals surface area contributed by atoms with Gasteiger partial charge in [-0.05, 0) is 60.5 Å². The maximum atomic E-state index is 14.4. The normalized spacial score (nSPS) is 24.6. The predicted octanol–water partition coefficient (Wildman–Crippen LogP) is 4.39. The largest absolute Gasteiger partial charge is 0.367 e. The molecule has 2 unspecified atom stereocenters. The van der Waals surface area contributed by atoms with Gasteiger partial charge in [0.05, 0.1) is 11.3 Å². The summed E-state index contributed by atoms with van der Waals surface area (Å²) in [7, 11) is 0. The average molecular weight is 358 g/mol. The number of hydrogen-bond donors (Lipinski definition) is 1. The molecule has 5 rings (SSSR count). The van der Waals surface area contributed by atoms with Crippen LogP contribution in [0.1, 0.15) is 24.3 Å². The van der Waals surface area contributed by atoms with Crippen LogP contribution in [0, 0.1) is 11.6 Å². The minimum Gasteiger partial charge on any atom is -0.367 e. The summed E-state index contributed by atoms with van der Waals surface area (Å²) in [5.41, 5.74) is 3.36. The summed E-state index contributed by atoms with van der Waals surface area (Å²) in [6.45, 7) is 3.08. The topological polar surface area (TPSA) is 15.3 Å². The van der Waals surface area contributed by atoms with Gasteiger partial charge in [-0.2, -0.15) is 0 Å². The number of rotatable bonds is 1. The molecule has 0 saturated carbocycles. The Kier molecular flexibility index (Phi) is 3.75. The highest BCUT2D eigenvalue weighted by molar-refractivity contribution is 7.99. The minimum atomic E-state index is -0.487. The fourth-order valence-electron chi connectivity index (χ4n) is 4.64. The molecule has 3 aliphatic heterocycles. The third-order valence-electron chi connectivity index (χ3n) is 5.69. The number of anilines is 1. The van der Waals surface area contributed by atoms with E-state index in [0.29, 0.717) is 17.5 Å². The third-order valence-corrected chi connectivity index (χ3v) is 6.80. The maximum Gasteiger partial charge on any atom is 0.133 e. The van der Waals surface area contributed by atoms with E-state index in [4.69, 9.17) is 0 Å². The zero-order chi connectivity index (χ0) is 17.0. The molecule has 3 heterocycles. The Hall–Kier alpha value is -1.59. The number of fused-ring (bicyclic) bond motifs is 3. The fourth-order valence-corrected chi connectivity index (χ4v) is 5.72. The van der Waals surface area contributed by atoms with Gasteiger partial charge in [0, 0.05) is 29.9 Å². The van der Waals surface area contributed by atoms with Crippen LogP contribution in [0.4, 0.5) is 14.5 Å². The molecule has 0 bridgehead atoms. The van der Waals surface area contributed by atoms with E-state index in [-0.39, 0.29) is 5.56 Å². The van der Waals surface area contributed by atoms with Gasteiger partial charge in [0.1, 0.15) is 11.6 Å². The lowest BCUT2D eigenvalue weighted by molar-refractivity contribution is 0.403. The SMILES string of the molecule is Fc1cccc(F)c1-c1cc2c3c(c1)C1CNCCC1N3CCCS2. The Balaban J connectivity index is 1.72. The van der Waals surface area contributed by atoms with Gasteiger partial charge in [0.2, 0.25) is 0 Å². The minimum absolute atomic E-state index is 0.102. The highest BCUT2D eigenvalue weighted by Gasteiger charge is 2.42. The Bertz CT molecular complexity index is 818. The Labute approximate surface area is 150 Å². The van der Waals surface area contributed by atoms with E-state index in [0.717, 1.165) is 38.2 Å². The van der Waals surface area contributed by atoms with Crippen molar-refractivity contribution in [3.8, 4) is 11.1 Å². The van der Waals surface area contributed by atoms with E-state index < -0.39 is 11.6 Å². The van der Waals surface area contributed by atoms with Gasteiger partial charge in [-0.1, -0.05) is 6.07 Å². The molecule has 2 atom stereocenters. The first-order valence-electron chi connectivity index (χ1n) is 8.96. The number of piperidine rings is 1. The number of halogens is 2. The second-order valence-corrected chi connectivity index (χ2v) is 8.21. The Morgan fingerprint density at radius 2 is 2.00 bits per heavy atom. The molecule has 25 heavy (non-hydrogen) atoms. The van der Waals surface area contributed by atoms with Gasteiger partial charge in [0.25, 0.3) is 0 Å². The number of benzene rings is 2. The summed E-state index contributed by atoms with van der Waals surface area (Å²) in [5, 5.41) is 3.50.